The molecule has 2 aromatic heterocycles. The average molecular weight is 490 g/mol. The molecule has 3 heterocycles. The molecule has 0 saturated carbocycles. The number of benzene rings is 1. The molecule has 9 heteroatoms. The lowest BCUT2D eigenvalue weighted by atomic mass is 10.1. The number of pyridine rings is 1. The van der Waals surface area contributed by atoms with Gasteiger partial charge in [0.05, 0.1) is 30.3 Å². The van der Waals surface area contributed by atoms with Crippen molar-refractivity contribution >= 4 is 28.3 Å². The first-order valence-corrected chi connectivity index (χ1v) is 12.3. The van der Waals surface area contributed by atoms with Crippen LogP contribution in [0.1, 0.15) is 33.7 Å². The van der Waals surface area contributed by atoms with E-state index in [2.05, 4.69) is 21.7 Å². The maximum Gasteiger partial charge on any atom is 0.317 e. The molecule has 180 valence electrons. The molecule has 35 heavy (non-hydrogen) atoms. The highest BCUT2D eigenvalue weighted by atomic mass is 32.1. The molecule has 0 radical (unpaired) electrons. The van der Waals surface area contributed by atoms with Gasteiger partial charge in [-0.25, -0.2) is 4.79 Å². The summed E-state index contributed by atoms with van der Waals surface area (Å²) in [7, 11) is 1.57. The number of rotatable bonds is 8. The van der Waals surface area contributed by atoms with Crippen LogP contribution in [0.5, 0.6) is 5.75 Å². The van der Waals surface area contributed by atoms with Gasteiger partial charge < -0.3 is 20.3 Å². The van der Waals surface area contributed by atoms with Gasteiger partial charge in [0.2, 0.25) is 5.91 Å². The number of thiophene rings is 1. The smallest absolute Gasteiger partial charge is 0.317 e. The molecule has 0 atom stereocenters. The number of hydrogen-bond donors (Lipinski definition) is 2. The molecule has 3 amide bonds. The molecule has 1 aromatic carbocycles. The van der Waals surface area contributed by atoms with E-state index in [1.807, 2.05) is 24.3 Å². The number of carbonyl (C=O) groups excluding carboxylic acids is 2. The lowest BCUT2D eigenvalue weighted by Crippen LogP contribution is -2.43. The van der Waals surface area contributed by atoms with E-state index in [-0.39, 0.29) is 18.4 Å². The van der Waals surface area contributed by atoms with E-state index < -0.39 is 0 Å². The highest BCUT2D eigenvalue weighted by molar-refractivity contribution is 7.16. The van der Waals surface area contributed by atoms with Crippen LogP contribution in [0.4, 0.5) is 9.80 Å². The maximum absolute atomic E-state index is 12.6. The lowest BCUT2D eigenvalue weighted by molar-refractivity contribution is -0.116. The number of anilines is 1. The van der Waals surface area contributed by atoms with E-state index in [1.165, 1.54) is 16.9 Å². The molecule has 2 N–H and O–H groups in total. The van der Waals surface area contributed by atoms with Crippen LogP contribution in [-0.2, 0) is 30.6 Å². The van der Waals surface area contributed by atoms with Crippen molar-refractivity contribution in [1.82, 2.24) is 15.2 Å². The van der Waals surface area contributed by atoms with Crippen LogP contribution in [0.15, 0.2) is 48.7 Å². The summed E-state index contributed by atoms with van der Waals surface area (Å²) in [5, 5.41) is 15.9. The minimum Gasteiger partial charge on any atom is -0.496 e. The SMILES string of the molecule is COc1ccc(C#N)cc1CCC(=O)Nc1cc2c(s1)CN(C(=O)NCCc1ccccn1)CC2. The third-order valence-corrected chi connectivity index (χ3v) is 6.92. The lowest BCUT2D eigenvalue weighted by Gasteiger charge is -2.26. The summed E-state index contributed by atoms with van der Waals surface area (Å²) in [6.07, 6.45) is 3.95. The molecule has 1 aliphatic rings. The van der Waals surface area contributed by atoms with E-state index in [0.29, 0.717) is 43.8 Å². The number of amides is 3. The molecule has 0 aliphatic carbocycles. The first kappa shape index (κ1) is 24.2. The van der Waals surface area contributed by atoms with Gasteiger partial charge in [0.1, 0.15) is 5.75 Å². The van der Waals surface area contributed by atoms with Gasteiger partial charge in [-0.05, 0) is 60.4 Å². The third-order valence-electron chi connectivity index (χ3n) is 5.85. The number of urea groups is 1. The second-order valence-electron chi connectivity index (χ2n) is 8.22. The zero-order valence-electron chi connectivity index (χ0n) is 19.5. The highest BCUT2D eigenvalue weighted by Gasteiger charge is 2.23. The Morgan fingerprint density at radius 2 is 2.11 bits per heavy atom. The summed E-state index contributed by atoms with van der Waals surface area (Å²) in [5.74, 6) is 0.568. The summed E-state index contributed by atoms with van der Waals surface area (Å²) in [6, 6.07) is 15.0. The standard InChI is InChI=1S/C26H27N5O3S/c1-34-22-7-5-18(16-27)14-19(22)6-8-24(32)30-25-15-20-10-13-31(17-23(20)35-25)26(33)29-12-9-21-4-2-3-11-28-21/h2-5,7,11,14-15H,6,8-10,12-13,17H2,1H3,(H,29,33)(H,30,32). The van der Waals surface area contributed by atoms with Crippen molar-refractivity contribution in [2.45, 2.75) is 32.2 Å². The number of hydrogen-bond acceptors (Lipinski definition) is 6. The number of aromatic nitrogens is 1. The number of nitriles is 1. The highest BCUT2D eigenvalue weighted by Crippen LogP contribution is 2.32. The molecule has 1 aliphatic heterocycles. The molecule has 4 rings (SSSR count). The van der Waals surface area contributed by atoms with E-state index in [9.17, 15) is 9.59 Å². The normalized spacial score (nSPS) is 12.4. The molecule has 0 saturated heterocycles. The molecule has 0 fully saturated rings. The quantitative estimate of drug-likeness (QED) is 0.499. The van der Waals surface area contributed by atoms with Gasteiger partial charge in [0.15, 0.2) is 0 Å². The van der Waals surface area contributed by atoms with E-state index in [1.54, 1.807) is 36.4 Å². The van der Waals surface area contributed by atoms with Gasteiger partial charge in [-0.1, -0.05) is 6.07 Å². The van der Waals surface area contributed by atoms with Gasteiger partial charge in [0, 0.05) is 42.7 Å². The Labute approximate surface area is 208 Å². The van der Waals surface area contributed by atoms with Crippen LogP contribution < -0.4 is 15.4 Å². The predicted molar refractivity (Wildman–Crippen MR) is 134 cm³/mol. The van der Waals surface area contributed by atoms with Crippen LogP contribution in [0.25, 0.3) is 0 Å². The number of ether oxygens (including phenoxy) is 1. The van der Waals surface area contributed by atoms with Crippen molar-refractivity contribution < 1.29 is 14.3 Å². The molecular formula is C26H27N5O3S. The van der Waals surface area contributed by atoms with Crippen molar-refractivity contribution in [3.63, 3.8) is 0 Å². The second kappa shape index (κ2) is 11.5. The van der Waals surface area contributed by atoms with Gasteiger partial charge in [-0.3, -0.25) is 9.78 Å². The number of nitrogens with zero attached hydrogens (tertiary/aromatic N) is 3. The topological polar surface area (TPSA) is 107 Å². The fourth-order valence-electron chi connectivity index (χ4n) is 4.00. The van der Waals surface area contributed by atoms with Crippen LogP contribution in [0, 0.1) is 11.3 Å². The van der Waals surface area contributed by atoms with E-state index >= 15 is 0 Å². The van der Waals surface area contributed by atoms with Crippen molar-refractivity contribution in [3.8, 4) is 11.8 Å². The Morgan fingerprint density at radius 1 is 1.23 bits per heavy atom. The number of carbonyl (C=O) groups is 2. The molecular weight excluding hydrogens is 462 g/mol. The number of nitrogens with one attached hydrogen (secondary N) is 2. The van der Waals surface area contributed by atoms with Crippen molar-refractivity contribution in [1.29, 1.82) is 5.26 Å². The Bertz CT molecular complexity index is 1240. The third kappa shape index (κ3) is 6.37. The Morgan fingerprint density at radius 3 is 2.89 bits per heavy atom. The minimum atomic E-state index is -0.0999. The average Bonchev–Trinajstić information content (AvgIpc) is 3.29. The van der Waals surface area contributed by atoms with E-state index in [0.717, 1.165) is 27.6 Å². The number of fused-ring (bicyclic) bond motifs is 1. The van der Waals surface area contributed by atoms with Gasteiger partial charge in [-0.2, -0.15) is 5.26 Å². The van der Waals surface area contributed by atoms with Crippen LogP contribution in [0.3, 0.4) is 0 Å². The fourth-order valence-corrected chi connectivity index (χ4v) is 5.15. The molecule has 8 nitrogen and oxygen atoms in total. The van der Waals surface area contributed by atoms with Crippen LogP contribution >= 0.6 is 11.3 Å². The van der Waals surface area contributed by atoms with Crippen molar-refractivity contribution in [2.75, 3.05) is 25.5 Å². The number of methoxy groups -OCH3 is 1. The summed E-state index contributed by atoms with van der Waals surface area (Å²) in [4.78, 5) is 32.3. The Kier molecular flexibility index (Phi) is 7.95. The minimum absolute atomic E-state index is 0.0842. The summed E-state index contributed by atoms with van der Waals surface area (Å²) < 4.78 is 5.35. The maximum atomic E-state index is 12.6. The summed E-state index contributed by atoms with van der Waals surface area (Å²) in [5.41, 5.74) is 3.49. The zero-order chi connectivity index (χ0) is 24.6. The molecule has 0 bridgehead atoms. The summed E-state index contributed by atoms with van der Waals surface area (Å²) in [6.45, 7) is 1.71. The van der Waals surface area contributed by atoms with Crippen molar-refractivity contribution in [2.24, 2.45) is 0 Å². The van der Waals surface area contributed by atoms with Crippen molar-refractivity contribution in [3.05, 3.63) is 75.9 Å². The molecule has 0 spiro atoms. The Hall–Kier alpha value is -3.90. The second-order valence-corrected chi connectivity index (χ2v) is 9.36. The monoisotopic (exact) mass is 489 g/mol. The predicted octanol–water partition coefficient (Wildman–Crippen LogP) is 3.91. The molecule has 0 unspecified atom stereocenters. The number of aryl methyl sites for hydroxylation is 1. The first-order chi connectivity index (χ1) is 17.1. The van der Waals surface area contributed by atoms with Crippen LogP contribution in [-0.4, -0.2) is 42.0 Å². The molecule has 3 aromatic rings. The Balaban J connectivity index is 1.27. The van der Waals surface area contributed by atoms with E-state index in [4.69, 9.17) is 10.00 Å². The van der Waals surface area contributed by atoms with Crippen LogP contribution in [0.2, 0.25) is 0 Å². The summed E-state index contributed by atoms with van der Waals surface area (Å²) >= 11 is 1.51. The first-order valence-electron chi connectivity index (χ1n) is 11.5. The van der Waals surface area contributed by atoms with Gasteiger partial charge >= 0.3 is 6.03 Å². The van der Waals surface area contributed by atoms with Gasteiger partial charge in [-0.15, -0.1) is 11.3 Å². The fraction of sp³-hybridized carbons (Fsp3) is 0.308. The largest absolute Gasteiger partial charge is 0.496 e. The zero-order valence-corrected chi connectivity index (χ0v) is 20.4. The van der Waals surface area contributed by atoms with Gasteiger partial charge in [0.25, 0.3) is 0 Å².